The van der Waals surface area contributed by atoms with Gasteiger partial charge >= 0.3 is 0 Å². The molecular formula is C29H48O3. The van der Waals surface area contributed by atoms with Crippen molar-refractivity contribution in [2.45, 2.75) is 129 Å². The molecule has 0 aromatic heterocycles. The molecule has 0 spiro atoms. The van der Waals surface area contributed by atoms with Gasteiger partial charge in [0.15, 0.2) is 0 Å². The van der Waals surface area contributed by atoms with Gasteiger partial charge in [-0.3, -0.25) is 0 Å². The summed E-state index contributed by atoms with van der Waals surface area (Å²) in [5, 5.41) is 36.2. The fourth-order valence-electron chi connectivity index (χ4n) is 8.29. The van der Waals surface area contributed by atoms with Gasteiger partial charge in [-0.1, -0.05) is 65.7 Å². The van der Waals surface area contributed by atoms with Crippen LogP contribution in [0.25, 0.3) is 0 Å². The lowest BCUT2D eigenvalue weighted by molar-refractivity contribution is -0.172. The molecule has 0 heterocycles. The number of fused-ring (bicyclic) bond motifs is 5. The van der Waals surface area contributed by atoms with Crippen molar-refractivity contribution < 1.29 is 15.3 Å². The zero-order valence-electron chi connectivity index (χ0n) is 21.7. The third kappa shape index (κ3) is 3.40. The second kappa shape index (κ2) is 7.43. The Labute approximate surface area is 196 Å². The average molecular weight is 445 g/mol. The summed E-state index contributed by atoms with van der Waals surface area (Å²) in [4.78, 5) is 0. The van der Waals surface area contributed by atoms with Crippen molar-refractivity contribution in [2.75, 3.05) is 0 Å². The number of hydrogen-bond acceptors (Lipinski definition) is 3. The molecular weight excluding hydrogens is 396 g/mol. The molecule has 0 aromatic rings. The van der Waals surface area contributed by atoms with Crippen LogP contribution in [0.15, 0.2) is 23.3 Å². The topological polar surface area (TPSA) is 60.7 Å². The lowest BCUT2D eigenvalue weighted by Crippen LogP contribution is -2.65. The minimum absolute atomic E-state index is 0.0370. The van der Waals surface area contributed by atoms with Crippen LogP contribution in [0, 0.1) is 28.1 Å². The van der Waals surface area contributed by atoms with Crippen LogP contribution >= 0.6 is 0 Å². The number of allylic oxidation sites excluding steroid dienone is 2. The van der Waals surface area contributed by atoms with Crippen molar-refractivity contribution in [1.82, 2.24) is 0 Å². The molecule has 3 saturated carbocycles. The molecule has 3 N–H and O–H groups in total. The van der Waals surface area contributed by atoms with Gasteiger partial charge in [-0.15, -0.1) is 0 Å². The largest absolute Gasteiger partial charge is 0.390 e. The second-order valence-electron chi connectivity index (χ2n) is 14.0. The van der Waals surface area contributed by atoms with Gasteiger partial charge in [0, 0.05) is 10.8 Å². The normalized spacial score (nSPS) is 45.8. The Morgan fingerprint density at radius 3 is 2.25 bits per heavy atom. The summed E-state index contributed by atoms with van der Waals surface area (Å²) < 4.78 is 0. The lowest BCUT2D eigenvalue weighted by Gasteiger charge is -2.62. The van der Waals surface area contributed by atoms with Crippen LogP contribution in [0.3, 0.4) is 0 Å². The summed E-state index contributed by atoms with van der Waals surface area (Å²) >= 11 is 0. The van der Waals surface area contributed by atoms with E-state index in [9.17, 15) is 15.3 Å². The van der Waals surface area contributed by atoms with Gasteiger partial charge in [-0.2, -0.15) is 0 Å². The molecule has 182 valence electrons. The average Bonchev–Trinajstić information content (AvgIpc) is 2.94. The number of aliphatic hydroxyl groups is 3. The van der Waals surface area contributed by atoms with E-state index in [0.717, 1.165) is 56.9 Å². The molecule has 0 saturated heterocycles. The number of rotatable bonds is 4. The van der Waals surface area contributed by atoms with Crippen LogP contribution in [0.5, 0.6) is 0 Å². The molecule has 3 heteroatoms. The molecule has 4 rings (SSSR count). The van der Waals surface area contributed by atoms with E-state index in [1.165, 1.54) is 5.57 Å². The van der Waals surface area contributed by atoms with Gasteiger partial charge in [0.05, 0.1) is 16.8 Å². The van der Waals surface area contributed by atoms with Crippen LogP contribution in [0.4, 0.5) is 0 Å². The zero-order valence-corrected chi connectivity index (χ0v) is 21.7. The molecule has 0 amide bonds. The lowest BCUT2D eigenvalue weighted by atomic mass is 9.45. The smallest absolute Gasteiger partial charge is 0.0978 e. The van der Waals surface area contributed by atoms with Crippen molar-refractivity contribution in [3.63, 3.8) is 0 Å². The summed E-state index contributed by atoms with van der Waals surface area (Å²) in [5.41, 5.74) is -1.06. The predicted octanol–water partition coefficient (Wildman–Crippen LogP) is 6.32. The van der Waals surface area contributed by atoms with Gasteiger partial charge in [-0.05, 0) is 87.5 Å². The van der Waals surface area contributed by atoms with Crippen LogP contribution < -0.4 is 0 Å². The van der Waals surface area contributed by atoms with Crippen LogP contribution in [-0.2, 0) is 0 Å². The Balaban J connectivity index is 1.66. The van der Waals surface area contributed by atoms with E-state index in [-0.39, 0.29) is 16.7 Å². The molecule has 4 aliphatic rings. The molecule has 0 radical (unpaired) electrons. The Hall–Kier alpha value is -0.640. The van der Waals surface area contributed by atoms with Crippen LogP contribution in [0.1, 0.15) is 113 Å². The fraction of sp³-hybridized carbons (Fsp3) is 0.862. The zero-order chi connectivity index (χ0) is 23.8. The van der Waals surface area contributed by atoms with Crippen molar-refractivity contribution in [3.8, 4) is 0 Å². The molecule has 0 aromatic carbocycles. The van der Waals surface area contributed by atoms with Crippen LogP contribution in [-0.4, -0.2) is 32.1 Å². The van der Waals surface area contributed by atoms with E-state index >= 15 is 0 Å². The van der Waals surface area contributed by atoms with Crippen LogP contribution in [0.2, 0.25) is 0 Å². The van der Waals surface area contributed by atoms with Gasteiger partial charge in [-0.25, -0.2) is 0 Å². The maximum atomic E-state index is 12.3. The molecule has 32 heavy (non-hydrogen) atoms. The van der Waals surface area contributed by atoms with Crippen molar-refractivity contribution in [3.05, 3.63) is 23.3 Å². The summed E-state index contributed by atoms with van der Waals surface area (Å²) in [7, 11) is 0. The molecule has 0 bridgehead atoms. The summed E-state index contributed by atoms with van der Waals surface area (Å²) in [6, 6.07) is 0. The van der Waals surface area contributed by atoms with E-state index in [1.807, 2.05) is 6.92 Å². The standard InChI is InChI=1S/C29H48O3/c1-20-11-15-25(5)21(19-20)9-10-23-28(31)16-12-22(26(28,6)17-18-29(23,25)32)27(7,30)14-8-13-24(2,3)4/h9-10,20,22,30-32H,8,11-19H2,1-7H3/t20-,22-,25-,26+,27+,28+,29+/m0/s1. The first-order chi connectivity index (χ1) is 14.6. The highest BCUT2D eigenvalue weighted by Crippen LogP contribution is 2.69. The van der Waals surface area contributed by atoms with E-state index < -0.39 is 22.2 Å². The summed E-state index contributed by atoms with van der Waals surface area (Å²) in [5.74, 6) is 0.693. The summed E-state index contributed by atoms with van der Waals surface area (Å²) in [6.45, 7) is 15.5. The van der Waals surface area contributed by atoms with E-state index in [2.05, 4.69) is 53.7 Å². The Bertz CT molecular complexity index is 817. The number of hydrogen-bond donors (Lipinski definition) is 3. The molecule has 7 atom stereocenters. The first-order valence-corrected chi connectivity index (χ1v) is 13.2. The Morgan fingerprint density at radius 2 is 1.59 bits per heavy atom. The highest BCUT2D eigenvalue weighted by atomic mass is 16.3. The molecule has 3 nitrogen and oxygen atoms in total. The second-order valence-corrected chi connectivity index (χ2v) is 14.0. The molecule has 3 fully saturated rings. The third-order valence-electron chi connectivity index (χ3n) is 10.5. The molecule has 0 aliphatic heterocycles. The van der Waals surface area contributed by atoms with Crippen molar-refractivity contribution in [2.24, 2.45) is 28.1 Å². The monoisotopic (exact) mass is 444 g/mol. The van der Waals surface area contributed by atoms with Gasteiger partial charge in [0.2, 0.25) is 0 Å². The maximum Gasteiger partial charge on any atom is 0.0978 e. The van der Waals surface area contributed by atoms with E-state index in [0.29, 0.717) is 18.8 Å². The van der Waals surface area contributed by atoms with Gasteiger partial charge < -0.3 is 15.3 Å². The quantitative estimate of drug-likeness (QED) is 0.475. The SMILES string of the molecule is C[C@H]1CC[C@@]2(C)C(=CC=C3[C@]2(O)CC[C@]2(C)[C@@H]([C@](C)(O)CCCC(C)(C)C)CC[C@@]32O)C1. The highest BCUT2D eigenvalue weighted by Gasteiger charge is 2.70. The third-order valence-corrected chi connectivity index (χ3v) is 10.5. The minimum Gasteiger partial charge on any atom is -0.390 e. The molecule has 0 unspecified atom stereocenters. The maximum absolute atomic E-state index is 12.3. The van der Waals surface area contributed by atoms with Gasteiger partial charge in [0.25, 0.3) is 0 Å². The van der Waals surface area contributed by atoms with E-state index in [1.54, 1.807) is 0 Å². The van der Waals surface area contributed by atoms with Gasteiger partial charge in [0.1, 0.15) is 0 Å². The molecule has 4 aliphatic carbocycles. The summed E-state index contributed by atoms with van der Waals surface area (Å²) in [6.07, 6.45) is 13.2. The predicted molar refractivity (Wildman–Crippen MR) is 131 cm³/mol. The van der Waals surface area contributed by atoms with Crippen molar-refractivity contribution >= 4 is 0 Å². The first-order valence-electron chi connectivity index (χ1n) is 13.2. The minimum atomic E-state index is -1.05. The highest BCUT2D eigenvalue weighted by molar-refractivity contribution is 5.48. The fourth-order valence-corrected chi connectivity index (χ4v) is 8.29. The Morgan fingerprint density at radius 1 is 0.906 bits per heavy atom. The Kier molecular flexibility index (Phi) is 5.68. The van der Waals surface area contributed by atoms with Crippen molar-refractivity contribution in [1.29, 1.82) is 0 Å². The first kappa shape index (κ1) is 24.5. The van der Waals surface area contributed by atoms with E-state index in [4.69, 9.17) is 0 Å².